The Balaban J connectivity index is 0.000000892. The van der Waals surface area contributed by atoms with Gasteiger partial charge in [0, 0.05) is 12.5 Å². The zero-order valence-corrected chi connectivity index (χ0v) is 17.3. The molecule has 0 saturated heterocycles. The van der Waals surface area contributed by atoms with Gasteiger partial charge in [-0.2, -0.15) is 0 Å². The average molecular weight is 391 g/mol. The lowest BCUT2D eigenvalue weighted by Crippen LogP contribution is -2.32. The molecule has 0 unspecified atom stereocenters. The molecule has 0 radical (unpaired) electrons. The molecule has 0 aliphatic carbocycles. The predicted molar refractivity (Wildman–Crippen MR) is 111 cm³/mol. The topological polar surface area (TPSA) is 41.1 Å². The maximum Gasteiger partial charge on any atom is 0.233 e. The molecule has 28 heavy (non-hydrogen) atoms. The average Bonchev–Trinajstić information content (AvgIpc) is 2.64. The lowest BCUT2D eigenvalue weighted by atomic mass is 9.87. The van der Waals surface area contributed by atoms with Gasteiger partial charge < -0.3 is 10.6 Å². The van der Waals surface area contributed by atoms with Crippen LogP contribution >= 0.6 is 0 Å². The van der Waals surface area contributed by atoms with E-state index in [9.17, 15) is 13.6 Å². The summed E-state index contributed by atoms with van der Waals surface area (Å²) in [4.78, 5) is 11.4. The van der Waals surface area contributed by atoms with Gasteiger partial charge in [0.05, 0.1) is 6.54 Å². The maximum absolute atomic E-state index is 13.2. The van der Waals surface area contributed by atoms with Crippen molar-refractivity contribution in [1.82, 2.24) is 10.6 Å². The van der Waals surface area contributed by atoms with Crippen LogP contribution in [-0.4, -0.2) is 26.0 Å². The highest BCUT2D eigenvalue weighted by atomic mass is 19.1. The van der Waals surface area contributed by atoms with Gasteiger partial charge in [-0.1, -0.05) is 45.0 Å². The van der Waals surface area contributed by atoms with Crippen molar-refractivity contribution in [3.05, 3.63) is 71.3 Å². The van der Waals surface area contributed by atoms with Crippen LogP contribution in [0.4, 0.5) is 8.78 Å². The second-order valence-electron chi connectivity index (χ2n) is 7.41. The highest BCUT2D eigenvalue weighted by molar-refractivity contribution is 5.77. The fourth-order valence-corrected chi connectivity index (χ4v) is 2.67. The van der Waals surface area contributed by atoms with Gasteiger partial charge in [0.25, 0.3) is 0 Å². The standard InChI is InChI=1S/C19H22F2N2O.C4H10/c1-22-13-19(24)23-12-2-3-18(14-4-8-16(20)9-5-14)15-6-10-17(21)11-7-15;1-4(2)3/h4-11,18,22H,2-3,12-13H2,1H3,(H,23,24);4H,1-3H3. The Kier molecular flexibility index (Phi) is 11.0. The third-order valence-electron chi connectivity index (χ3n) is 3.87. The van der Waals surface area contributed by atoms with Crippen molar-refractivity contribution in [2.45, 2.75) is 39.5 Å². The molecule has 0 aliphatic rings. The number of hydrogen-bond acceptors (Lipinski definition) is 2. The molecule has 0 aliphatic heterocycles. The minimum atomic E-state index is -0.282. The second kappa shape index (κ2) is 13.0. The highest BCUT2D eigenvalue weighted by Crippen LogP contribution is 2.29. The first kappa shape index (κ1) is 23.8. The molecule has 0 spiro atoms. The third-order valence-corrected chi connectivity index (χ3v) is 3.87. The summed E-state index contributed by atoms with van der Waals surface area (Å²) in [5.41, 5.74) is 1.95. The summed E-state index contributed by atoms with van der Waals surface area (Å²) in [6.07, 6.45) is 1.55. The fraction of sp³-hybridized carbons (Fsp3) is 0.435. The van der Waals surface area contributed by atoms with Crippen LogP contribution in [0.1, 0.15) is 50.7 Å². The SMILES string of the molecule is CC(C)C.CNCC(=O)NCCCC(c1ccc(F)cc1)c1ccc(F)cc1. The van der Waals surface area contributed by atoms with E-state index < -0.39 is 0 Å². The van der Waals surface area contributed by atoms with Crippen LogP contribution in [-0.2, 0) is 4.79 Å². The molecular formula is C23H32F2N2O. The van der Waals surface area contributed by atoms with Crippen molar-refractivity contribution in [3.63, 3.8) is 0 Å². The normalized spacial score (nSPS) is 10.6. The number of rotatable bonds is 8. The minimum absolute atomic E-state index is 0.0346. The van der Waals surface area contributed by atoms with E-state index in [2.05, 4.69) is 31.4 Å². The van der Waals surface area contributed by atoms with Crippen molar-refractivity contribution < 1.29 is 13.6 Å². The van der Waals surface area contributed by atoms with Crippen LogP contribution in [0.15, 0.2) is 48.5 Å². The number of nitrogens with one attached hydrogen (secondary N) is 2. The largest absolute Gasteiger partial charge is 0.355 e. The van der Waals surface area contributed by atoms with Crippen molar-refractivity contribution in [3.8, 4) is 0 Å². The zero-order valence-electron chi connectivity index (χ0n) is 17.3. The lowest BCUT2D eigenvalue weighted by molar-refractivity contribution is -0.120. The highest BCUT2D eigenvalue weighted by Gasteiger charge is 2.14. The molecule has 3 nitrogen and oxygen atoms in total. The van der Waals surface area contributed by atoms with E-state index in [1.165, 1.54) is 24.3 Å². The molecule has 0 atom stereocenters. The number of amides is 1. The number of halogens is 2. The molecule has 2 rings (SSSR count). The van der Waals surface area contributed by atoms with Crippen LogP contribution in [0.5, 0.6) is 0 Å². The lowest BCUT2D eigenvalue weighted by Gasteiger charge is -2.18. The quantitative estimate of drug-likeness (QED) is 0.631. The predicted octanol–water partition coefficient (Wildman–Crippen LogP) is 4.87. The fourth-order valence-electron chi connectivity index (χ4n) is 2.67. The molecule has 1 amide bonds. The molecule has 2 N–H and O–H groups in total. The Morgan fingerprint density at radius 3 is 1.71 bits per heavy atom. The van der Waals surface area contributed by atoms with Crippen LogP contribution in [0.2, 0.25) is 0 Å². The van der Waals surface area contributed by atoms with Gasteiger partial charge in [-0.25, -0.2) is 8.78 Å². The van der Waals surface area contributed by atoms with E-state index in [1.807, 2.05) is 0 Å². The Morgan fingerprint density at radius 2 is 1.32 bits per heavy atom. The first-order chi connectivity index (χ1) is 13.3. The van der Waals surface area contributed by atoms with E-state index in [4.69, 9.17) is 0 Å². The van der Waals surface area contributed by atoms with Gasteiger partial charge in [0.1, 0.15) is 11.6 Å². The molecule has 0 fully saturated rings. The van der Waals surface area contributed by atoms with Crippen LogP contribution in [0.25, 0.3) is 0 Å². The summed E-state index contributed by atoms with van der Waals surface area (Å²) in [6.45, 7) is 7.36. The Hall–Kier alpha value is -2.27. The van der Waals surface area contributed by atoms with Gasteiger partial charge in [-0.05, 0) is 61.2 Å². The Bertz CT molecular complexity index is 636. The summed E-state index contributed by atoms with van der Waals surface area (Å²) >= 11 is 0. The number of benzene rings is 2. The van der Waals surface area contributed by atoms with Crippen molar-refractivity contribution in [1.29, 1.82) is 0 Å². The van der Waals surface area contributed by atoms with Gasteiger partial charge in [0.15, 0.2) is 0 Å². The van der Waals surface area contributed by atoms with E-state index in [-0.39, 0.29) is 23.5 Å². The van der Waals surface area contributed by atoms with Crippen LogP contribution in [0, 0.1) is 17.6 Å². The van der Waals surface area contributed by atoms with Gasteiger partial charge in [-0.15, -0.1) is 0 Å². The van der Waals surface area contributed by atoms with Gasteiger partial charge in [0.2, 0.25) is 5.91 Å². The Morgan fingerprint density at radius 1 is 0.893 bits per heavy atom. The van der Waals surface area contributed by atoms with Gasteiger partial charge in [-0.3, -0.25) is 4.79 Å². The molecule has 154 valence electrons. The number of carbonyl (C=O) groups excluding carboxylic acids is 1. The molecular weight excluding hydrogens is 358 g/mol. The smallest absolute Gasteiger partial charge is 0.233 e. The summed E-state index contributed by atoms with van der Waals surface area (Å²) in [5, 5.41) is 5.64. The van der Waals surface area contributed by atoms with Crippen LogP contribution < -0.4 is 10.6 Å². The van der Waals surface area contributed by atoms with Crippen molar-refractivity contribution >= 4 is 5.91 Å². The number of carbonyl (C=O) groups is 1. The minimum Gasteiger partial charge on any atom is -0.355 e. The molecule has 2 aromatic carbocycles. The molecule has 0 aromatic heterocycles. The third kappa shape index (κ3) is 9.60. The molecule has 0 bridgehead atoms. The molecule has 0 heterocycles. The first-order valence-corrected chi connectivity index (χ1v) is 9.75. The van der Waals surface area contributed by atoms with Crippen molar-refractivity contribution in [2.75, 3.05) is 20.1 Å². The zero-order chi connectivity index (χ0) is 20.9. The molecule has 2 aromatic rings. The van der Waals surface area contributed by atoms with E-state index in [0.717, 1.165) is 29.9 Å². The summed E-state index contributed by atoms with van der Waals surface area (Å²) in [7, 11) is 1.72. The summed E-state index contributed by atoms with van der Waals surface area (Å²) in [5.74, 6) is 0.261. The van der Waals surface area contributed by atoms with Gasteiger partial charge >= 0.3 is 0 Å². The molecule has 5 heteroatoms. The second-order valence-corrected chi connectivity index (χ2v) is 7.41. The monoisotopic (exact) mass is 390 g/mol. The Labute approximate surface area is 167 Å². The maximum atomic E-state index is 13.2. The van der Waals surface area contributed by atoms with Crippen molar-refractivity contribution in [2.24, 2.45) is 5.92 Å². The van der Waals surface area contributed by atoms with E-state index >= 15 is 0 Å². The summed E-state index contributed by atoms with van der Waals surface area (Å²) in [6, 6.07) is 12.7. The summed E-state index contributed by atoms with van der Waals surface area (Å²) < 4.78 is 26.3. The van der Waals surface area contributed by atoms with Crippen LogP contribution in [0.3, 0.4) is 0 Å². The van der Waals surface area contributed by atoms with E-state index in [1.54, 1.807) is 31.3 Å². The first-order valence-electron chi connectivity index (χ1n) is 9.75. The molecule has 0 saturated carbocycles. The van der Waals surface area contributed by atoms with E-state index in [0.29, 0.717) is 13.1 Å². The number of likely N-dealkylation sites (N-methyl/N-ethyl adjacent to an activating group) is 1. The number of hydrogen-bond donors (Lipinski definition) is 2.